The molecule has 0 saturated heterocycles. The van der Waals surface area contributed by atoms with Crippen LogP contribution in [0.4, 0.5) is 17.1 Å². The van der Waals surface area contributed by atoms with Gasteiger partial charge < -0.3 is 4.90 Å². The van der Waals surface area contributed by atoms with E-state index in [1.54, 1.807) is 0 Å². The van der Waals surface area contributed by atoms with E-state index in [2.05, 4.69) is 222 Å². The lowest BCUT2D eigenvalue weighted by Gasteiger charge is -2.27. The number of para-hydroxylation sites is 4. The number of hydrogen-bond donors (Lipinski definition) is 0. The van der Waals surface area contributed by atoms with Crippen molar-refractivity contribution in [2.75, 3.05) is 4.90 Å². The molecule has 0 radical (unpaired) electrons. The Morgan fingerprint density at radius 2 is 0.845 bits per heavy atom. The molecular weight excluding hydrogens is 703 g/mol. The first kappa shape index (κ1) is 32.5. The Morgan fingerprint density at radius 3 is 1.55 bits per heavy atom. The number of aromatic nitrogens is 2. The number of imidazole rings is 1. The van der Waals surface area contributed by atoms with E-state index in [-0.39, 0.29) is 0 Å². The lowest BCUT2D eigenvalue weighted by atomic mass is 9.90. The quantitative estimate of drug-likeness (QED) is 0.168. The molecule has 0 aliphatic carbocycles. The lowest BCUT2D eigenvalue weighted by Crippen LogP contribution is -2.10. The molecule has 1 aliphatic rings. The average molecular weight is 738 g/mol. The van der Waals surface area contributed by atoms with Crippen molar-refractivity contribution in [3.05, 3.63) is 212 Å². The van der Waals surface area contributed by atoms with Crippen molar-refractivity contribution < 1.29 is 0 Å². The number of anilines is 3. The topological polar surface area (TPSA) is 20.5 Å². The average Bonchev–Trinajstić information content (AvgIpc) is 3.64. The summed E-state index contributed by atoms with van der Waals surface area (Å²) in [6, 6.07) is 77.0. The second kappa shape index (κ2) is 12.9. The second-order valence-corrected chi connectivity index (χ2v) is 15.2. The fourth-order valence-electron chi connectivity index (χ4n) is 9.21. The van der Waals surface area contributed by atoms with Crippen LogP contribution in [0.25, 0.3) is 94.0 Å². The molecule has 0 unspecified atom stereocenters. The zero-order valence-electron chi connectivity index (χ0n) is 31.5. The summed E-state index contributed by atoms with van der Waals surface area (Å²) in [6.45, 7) is 0. The third kappa shape index (κ3) is 5.04. The molecule has 11 aromatic rings. The van der Waals surface area contributed by atoms with Crippen molar-refractivity contribution in [3.8, 4) is 55.6 Å². The van der Waals surface area contributed by atoms with Crippen molar-refractivity contribution in [1.82, 2.24) is 9.38 Å². The minimum atomic E-state index is 0.991. The van der Waals surface area contributed by atoms with Gasteiger partial charge >= 0.3 is 0 Å². The van der Waals surface area contributed by atoms with Crippen LogP contribution in [0.15, 0.2) is 212 Å². The number of benzene rings is 9. The standard InChI is InChI=1S/C55H35N3/c1-2-18-42(19-3-1)57-51-25-9-6-22-46(51)44-30-28-40(34-49(44)47-23-8-10-26-52(47)57)38-16-12-14-36(32-38)37-15-13-17-39(33-37)41-29-31-54-50(35-41)56-55-48-24-5-4-20-43(48)45-21-7-11-27-53(45)58(54)55/h1-35H. The van der Waals surface area contributed by atoms with Crippen LogP contribution in [0.1, 0.15) is 0 Å². The van der Waals surface area contributed by atoms with E-state index in [4.69, 9.17) is 4.98 Å². The predicted molar refractivity (Wildman–Crippen MR) is 243 cm³/mol. The van der Waals surface area contributed by atoms with Crippen LogP contribution in [0.5, 0.6) is 0 Å². The first-order chi connectivity index (χ1) is 28.8. The summed E-state index contributed by atoms with van der Waals surface area (Å²) in [6.07, 6.45) is 0. The van der Waals surface area contributed by atoms with Gasteiger partial charge in [0.05, 0.1) is 27.9 Å². The Bertz CT molecular complexity index is 3410. The number of rotatable bonds is 4. The van der Waals surface area contributed by atoms with Crippen molar-refractivity contribution in [3.63, 3.8) is 0 Å². The van der Waals surface area contributed by atoms with Crippen LogP contribution in [0, 0.1) is 0 Å². The maximum absolute atomic E-state index is 5.25. The smallest absolute Gasteiger partial charge is 0.146 e. The number of pyridine rings is 1. The summed E-state index contributed by atoms with van der Waals surface area (Å²) in [5.41, 5.74) is 19.7. The first-order valence-corrected chi connectivity index (χ1v) is 19.9. The summed E-state index contributed by atoms with van der Waals surface area (Å²) in [5, 5.41) is 3.63. The van der Waals surface area contributed by atoms with Crippen molar-refractivity contribution in [1.29, 1.82) is 0 Å². The Balaban J connectivity index is 0.941. The van der Waals surface area contributed by atoms with Gasteiger partial charge in [0.1, 0.15) is 5.65 Å². The molecule has 3 heteroatoms. The molecular formula is C55H35N3. The van der Waals surface area contributed by atoms with Crippen molar-refractivity contribution in [2.24, 2.45) is 0 Å². The molecule has 2 aromatic heterocycles. The van der Waals surface area contributed by atoms with Gasteiger partial charge in [-0.15, -0.1) is 0 Å². The first-order valence-electron chi connectivity index (χ1n) is 19.9. The van der Waals surface area contributed by atoms with Crippen LogP contribution in [-0.4, -0.2) is 9.38 Å². The van der Waals surface area contributed by atoms with E-state index in [9.17, 15) is 0 Å². The third-order valence-electron chi connectivity index (χ3n) is 11.9. The molecule has 1 aliphatic heterocycles. The third-order valence-corrected chi connectivity index (χ3v) is 11.9. The fraction of sp³-hybridized carbons (Fsp3) is 0. The zero-order chi connectivity index (χ0) is 38.2. The summed E-state index contributed by atoms with van der Waals surface area (Å²) in [7, 11) is 0. The number of fused-ring (bicyclic) bond motifs is 13. The maximum atomic E-state index is 5.25. The minimum Gasteiger partial charge on any atom is -0.309 e. The minimum absolute atomic E-state index is 0.991. The molecule has 0 bridgehead atoms. The van der Waals surface area contributed by atoms with Gasteiger partial charge in [0, 0.05) is 27.6 Å². The van der Waals surface area contributed by atoms with Crippen molar-refractivity contribution in [2.45, 2.75) is 0 Å². The number of hydrogen-bond acceptors (Lipinski definition) is 2. The largest absolute Gasteiger partial charge is 0.309 e. The molecule has 12 rings (SSSR count). The van der Waals surface area contributed by atoms with Gasteiger partial charge in [-0.1, -0.05) is 152 Å². The SMILES string of the molecule is c1ccc(N2c3ccccc3-c3ccc(-c4cccc(-c5cccc(-c6ccc7c(c6)nc6c8ccccc8c8ccccc8n76)c5)c4)cc3-c3ccccc32)cc1. The molecule has 9 aromatic carbocycles. The van der Waals surface area contributed by atoms with E-state index in [0.29, 0.717) is 0 Å². The second-order valence-electron chi connectivity index (χ2n) is 15.2. The van der Waals surface area contributed by atoms with Gasteiger partial charge in [0.25, 0.3) is 0 Å². The van der Waals surface area contributed by atoms with Gasteiger partial charge in [0.15, 0.2) is 0 Å². The molecule has 0 atom stereocenters. The Hall–Kier alpha value is -7.75. The molecule has 0 saturated carbocycles. The van der Waals surface area contributed by atoms with E-state index in [1.165, 1.54) is 83.1 Å². The van der Waals surface area contributed by atoms with Gasteiger partial charge in [-0.25, -0.2) is 4.98 Å². The Labute approximate surface area is 336 Å². The Morgan fingerprint density at radius 1 is 0.310 bits per heavy atom. The van der Waals surface area contributed by atoms with E-state index in [0.717, 1.165) is 27.9 Å². The maximum Gasteiger partial charge on any atom is 0.146 e. The summed E-state index contributed by atoms with van der Waals surface area (Å²) < 4.78 is 2.32. The Kier molecular flexibility index (Phi) is 7.23. The number of nitrogens with zero attached hydrogens (tertiary/aromatic N) is 3. The molecule has 0 N–H and O–H groups in total. The highest BCUT2D eigenvalue weighted by Crippen LogP contribution is 2.51. The van der Waals surface area contributed by atoms with Gasteiger partial charge in [0.2, 0.25) is 0 Å². The molecule has 0 fully saturated rings. The van der Waals surface area contributed by atoms with Crippen LogP contribution >= 0.6 is 0 Å². The molecule has 0 spiro atoms. The molecule has 58 heavy (non-hydrogen) atoms. The molecule has 0 amide bonds. The van der Waals surface area contributed by atoms with Gasteiger partial charge in [-0.3, -0.25) is 4.40 Å². The van der Waals surface area contributed by atoms with Crippen LogP contribution in [0.3, 0.4) is 0 Å². The van der Waals surface area contributed by atoms with Crippen LogP contribution in [-0.2, 0) is 0 Å². The van der Waals surface area contributed by atoms with Crippen LogP contribution < -0.4 is 4.90 Å². The lowest BCUT2D eigenvalue weighted by molar-refractivity contribution is 1.29. The van der Waals surface area contributed by atoms with Crippen LogP contribution in [0.2, 0.25) is 0 Å². The fourth-order valence-corrected chi connectivity index (χ4v) is 9.21. The summed E-state index contributed by atoms with van der Waals surface area (Å²) in [5.74, 6) is 0. The van der Waals surface area contributed by atoms with Crippen molar-refractivity contribution >= 4 is 55.4 Å². The monoisotopic (exact) mass is 737 g/mol. The van der Waals surface area contributed by atoms with Gasteiger partial charge in [-0.2, -0.15) is 0 Å². The van der Waals surface area contributed by atoms with E-state index >= 15 is 0 Å². The van der Waals surface area contributed by atoms with E-state index in [1.807, 2.05) is 0 Å². The molecule has 3 nitrogen and oxygen atoms in total. The molecule has 270 valence electrons. The highest BCUT2D eigenvalue weighted by atomic mass is 15.1. The normalized spacial score (nSPS) is 12.1. The summed E-state index contributed by atoms with van der Waals surface area (Å²) >= 11 is 0. The van der Waals surface area contributed by atoms with Gasteiger partial charge in [-0.05, 0) is 111 Å². The molecule has 3 heterocycles. The predicted octanol–water partition coefficient (Wildman–Crippen LogP) is 14.9. The zero-order valence-corrected chi connectivity index (χ0v) is 31.5. The highest BCUT2D eigenvalue weighted by Gasteiger charge is 2.26. The highest BCUT2D eigenvalue weighted by molar-refractivity contribution is 6.14. The summed E-state index contributed by atoms with van der Waals surface area (Å²) in [4.78, 5) is 7.65. The van der Waals surface area contributed by atoms with E-state index < -0.39 is 0 Å².